The van der Waals surface area contributed by atoms with Crippen LogP contribution in [-0.2, 0) is 0 Å². The van der Waals surface area contributed by atoms with E-state index < -0.39 is 0 Å². The number of nitrogens with one attached hydrogen (secondary N) is 1. The van der Waals surface area contributed by atoms with E-state index in [9.17, 15) is 4.79 Å². The topological polar surface area (TPSA) is 32.3 Å². The van der Waals surface area contributed by atoms with Crippen LogP contribution in [0.1, 0.15) is 21.8 Å². The van der Waals surface area contributed by atoms with Gasteiger partial charge in [0.1, 0.15) is 0 Å². The molecule has 1 fully saturated rings. The number of fused-ring (bicyclic) bond motifs is 4. The fraction of sp³-hybridized carbons (Fsp3) is 0.261. The smallest absolute Gasteiger partial charge is 0.251 e. The minimum Gasteiger partial charge on any atom is -0.352 e. The molecule has 0 saturated carbocycles. The molecule has 2 aliphatic heterocycles. The van der Waals surface area contributed by atoms with Crippen LogP contribution in [0.25, 0.3) is 21.9 Å². The van der Waals surface area contributed by atoms with Crippen molar-refractivity contribution < 1.29 is 4.79 Å². The minimum atomic E-state index is 0.0692. The molecule has 2 atom stereocenters. The van der Waals surface area contributed by atoms with E-state index in [1.807, 2.05) is 0 Å². The van der Waals surface area contributed by atoms with Crippen molar-refractivity contribution in [3.05, 3.63) is 71.8 Å². The van der Waals surface area contributed by atoms with Crippen LogP contribution < -0.4 is 5.32 Å². The van der Waals surface area contributed by atoms with Crippen LogP contribution in [0.15, 0.2) is 60.7 Å². The fourth-order valence-corrected chi connectivity index (χ4v) is 4.59. The number of likely N-dealkylation sites (N-methyl/N-ethyl adjacent to an activating group) is 1. The van der Waals surface area contributed by atoms with Gasteiger partial charge in [0.15, 0.2) is 0 Å². The number of rotatable bonds is 1. The molecule has 0 aliphatic carbocycles. The number of carbonyl (C=O) groups is 1. The number of carbonyl (C=O) groups excluding carboxylic acids is 1. The molecule has 0 spiro atoms. The molecule has 1 amide bonds. The van der Waals surface area contributed by atoms with Gasteiger partial charge in [-0.1, -0.05) is 48.5 Å². The number of benzene rings is 3. The summed E-state index contributed by atoms with van der Waals surface area (Å²) in [5.41, 5.74) is 4.32. The van der Waals surface area contributed by atoms with Crippen molar-refractivity contribution >= 4 is 16.7 Å². The standard InChI is InChI=1S/C23H22N2O/c1-25-13-19-12-24-23(26)21-11-18(8-9-20(21)22(19)14-25)17-7-6-15-4-2-3-5-16(15)10-17/h2-11,19,22H,12-14H2,1H3,(H,24,26). The van der Waals surface area contributed by atoms with Crippen molar-refractivity contribution in [2.24, 2.45) is 5.92 Å². The van der Waals surface area contributed by atoms with Crippen molar-refractivity contribution in [2.45, 2.75) is 5.92 Å². The van der Waals surface area contributed by atoms with Gasteiger partial charge in [-0.25, -0.2) is 0 Å². The summed E-state index contributed by atoms with van der Waals surface area (Å²) in [5.74, 6) is 1.02. The second-order valence-corrected chi connectivity index (χ2v) is 7.66. The van der Waals surface area contributed by atoms with Gasteiger partial charge >= 0.3 is 0 Å². The van der Waals surface area contributed by atoms with Crippen molar-refractivity contribution in [1.29, 1.82) is 0 Å². The number of hydrogen-bond donors (Lipinski definition) is 1. The van der Waals surface area contributed by atoms with Gasteiger partial charge in [0, 0.05) is 31.1 Å². The van der Waals surface area contributed by atoms with E-state index in [1.165, 1.54) is 16.3 Å². The van der Waals surface area contributed by atoms with Crippen LogP contribution in [-0.4, -0.2) is 37.5 Å². The summed E-state index contributed by atoms with van der Waals surface area (Å²) in [4.78, 5) is 15.1. The van der Waals surface area contributed by atoms with Crippen LogP contribution in [0, 0.1) is 5.92 Å². The van der Waals surface area contributed by atoms with Gasteiger partial charge < -0.3 is 10.2 Å². The van der Waals surface area contributed by atoms with Gasteiger partial charge in [0.2, 0.25) is 0 Å². The SMILES string of the molecule is CN1CC2CNC(=O)c3cc(-c4ccc5ccccc5c4)ccc3C2C1. The Hall–Kier alpha value is -2.65. The Morgan fingerprint density at radius 3 is 2.58 bits per heavy atom. The molecule has 2 aliphatic rings. The lowest BCUT2D eigenvalue weighted by atomic mass is 9.86. The Labute approximate surface area is 153 Å². The highest BCUT2D eigenvalue weighted by Gasteiger charge is 2.36. The maximum atomic E-state index is 12.7. The monoisotopic (exact) mass is 342 g/mol. The van der Waals surface area contributed by atoms with Gasteiger partial charge in [0.25, 0.3) is 5.91 Å². The van der Waals surface area contributed by atoms with E-state index >= 15 is 0 Å². The maximum absolute atomic E-state index is 12.7. The van der Waals surface area contributed by atoms with Crippen molar-refractivity contribution in [2.75, 3.05) is 26.7 Å². The lowest BCUT2D eigenvalue weighted by Crippen LogP contribution is -2.29. The fourth-order valence-electron chi connectivity index (χ4n) is 4.59. The van der Waals surface area contributed by atoms with Crippen LogP contribution in [0.3, 0.4) is 0 Å². The maximum Gasteiger partial charge on any atom is 0.251 e. The number of nitrogens with zero attached hydrogens (tertiary/aromatic N) is 1. The highest BCUT2D eigenvalue weighted by atomic mass is 16.1. The first-order chi connectivity index (χ1) is 12.7. The van der Waals surface area contributed by atoms with E-state index in [2.05, 4.69) is 77.9 Å². The van der Waals surface area contributed by atoms with Crippen molar-refractivity contribution in [3.63, 3.8) is 0 Å². The average molecular weight is 342 g/mol. The first-order valence-corrected chi connectivity index (χ1v) is 9.29. The Morgan fingerprint density at radius 1 is 0.923 bits per heavy atom. The van der Waals surface area contributed by atoms with E-state index in [1.54, 1.807) is 0 Å². The van der Waals surface area contributed by atoms with Gasteiger partial charge in [0.05, 0.1) is 0 Å². The second-order valence-electron chi connectivity index (χ2n) is 7.66. The average Bonchev–Trinajstić information content (AvgIpc) is 3.00. The normalized spacial score (nSPS) is 22.6. The van der Waals surface area contributed by atoms with E-state index in [0.717, 1.165) is 36.3 Å². The molecule has 3 nitrogen and oxygen atoms in total. The molecule has 26 heavy (non-hydrogen) atoms. The zero-order valence-corrected chi connectivity index (χ0v) is 14.9. The largest absolute Gasteiger partial charge is 0.352 e. The van der Waals surface area contributed by atoms with E-state index in [-0.39, 0.29) is 5.91 Å². The van der Waals surface area contributed by atoms with Gasteiger partial charge in [-0.05, 0) is 52.6 Å². The third kappa shape index (κ3) is 2.51. The summed E-state index contributed by atoms with van der Waals surface area (Å²) < 4.78 is 0. The lowest BCUT2D eigenvalue weighted by molar-refractivity contribution is 0.0951. The van der Waals surface area contributed by atoms with Gasteiger partial charge in [-0.15, -0.1) is 0 Å². The summed E-state index contributed by atoms with van der Waals surface area (Å²) >= 11 is 0. The zero-order chi connectivity index (χ0) is 17.7. The molecular formula is C23H22N2O. The Bertz CT molecular complexity index is 1010. The molecule has 1 N–H and O–H groups in total. The molecule has 5 rings (SSSR count). The predicted molar refractivity (Wildman–Crippen MR) is 105 cm³/mol. The third-order valence-electron chi connectivity index (χ3n) is 5.93. The second kappa shape index (κ2) is 5.96. The number of hydrogen-bond acceptors (Lipinski definition) is 2. The van der Waals surface area contributed by atoms with Gasteiger partial charge in [-0.2, -0.15) is 0 Å². The summed E-state index contributed by atoms with van der Waals surface area (Å²) in [6, 6.07) is 21.3. The molecule has 130 valence electrons. The van der Waals surface area contributed by atoms with Crippen LogP contribution in [0.2, 0.25) is 0 Å². The Balaban J connectivity index is 1.60. The molecule has 3 heteroatoms. The zero-order valence-electron chi connectivity index (χ0n) is 14.9. The van der Waals surface area contributed by atoms with Crippen LogP contribution >= 0.6 is 0 Å². The minimum absolute atomic E-state index is 0.0692. The van der Waals surface area contributed by atoms with Gasteiger partial charge in [-0.3, -0.25) is 4.79 Å². The molecule has 0 bridgehead atoms. The number of likely N-dealkylation sites (tertiary alicyclic amines) is 1. The summed E-state index contributed by atoms with van der Waals surface area (Å²) in [7, 11) is 2.17. The highest BCUT2D eigenvalue weighted by Crippen LogP contribution is 2.37. The summed E-state index contributed by atoms with van der Waals surface area (Å²) in [5, 5.41) is 5.60. The Kier molecular flexibility index (Phi) is 3.57. The van der Waals surface area contributed by atoms with Crippen molar-refractivity contribution in [1.82, 2.24) is 10.2 Å². The first-order valence-electron chi connectivity index (χ1n) is 9.29. The number of amides is 1. The molecule has 2 heterocycles. The first kappa shape index (κ1) is 15.6. The molecule has 0 radical (unpaired) electrons. The Morgan fingerprint density at radius 2 is 1.69 bits per heavy atom. The lowest BCUT2D eigenvalue weighted by Gasteiger charge is -2.17. The summed E-state index contributed by atoms with van der Waals surface area (Å²) in [6.45, 7) is 2.85. The molecular weight excluding hydrogens is 320 g/mol. The van der Waals surface area contributed by atoms with Crippen molar-refractivity contribution in [3.8, 4) is 11.1 Å². The van der Waals surface area contributed by atoms with Crippen LogP contribution in [0.5, 0.6) is 0 Å². The van der Waals surface area contributed by atoms with Crippen LogP contribution in [0.4, 0.5) is 0 Å². The molecule has 2 unspecified atom stereocenters. The molecule has 3 aromatic rings. The predicted octanol–water partition coefficient (Wildman–Crippen LogP) is 3.90. The van der Waals surface area contributed by atoms with E-state index in [4.69, 9.17) is 0 Å². The highest BCUT2D eigenvalue weighted by molar-refractivity contribution is 5.98. The quantitative estimate of drug-likeness (QED) is 0.727. The third-order valence-corrected chi connectivity index (χ3v) is 5.93. The van der Waals surface area contributed by atoms with E-state index in [0.29, 0.717) is 11.8 Å². The molecule has 3 aromatic carbocycles. The molecule has 0 aromatic heterocycles. The summed E-state index contributed by atoms with van der Waals surface area (Å²) in [6.07, 6.45) is 0. The molecule has 1 saturated heterocycles.